The highest BCUT2D eigenvalue weighted by molar-refractivity contribution is 9.10. The Labute approximate surface area is 97.1 Å². The number of unbranched alkanes of at least 4 members (excludes halogenated alkanes) is 1. The number of carbonyl (C=O) groups excluding carboxylic acids is 1. The van der Waals surface area contributed by atoms with Crippen molar-refractivity contribution < 1.29 is 9.18 Å². The molecule has 3 heteroatoms. The maximum atomic E-state index is 13.5. The van der Waals surface area contributed by atoms with Crippen LogP contribution in [-0.4, -0.2) is 5.78 Å². The summed E-state index contributed by atoms with van der Waals surface area (Å²) in [4.78, 5) is 11.6. The van der Waals surface area contributed by atoms with E-state index >= 15 is 0 Å². The summed E-state index contributed by atoms with van der Waals surface area (Å²) in [5.74, 6) is -0.628. The van der Waals surface area contributed by atoms with Gasteiger partial charge < -0.3 is 0 Å². The Kier molecular flexibility index (Phi) is 4.69. The molecule has 0 saturated heterocycles. The number of hydrogen-bond donors (Lipinski definition) is 0. The van der Waals surface area contributed by atoms with Gasteiger partial charge in [-0.15, -0.1) is 6.58 Å². The standard InChI is InChI=1S/C12H12BrFO/c1-2-3-4-8-11(15)9-6-5-7-10(13)12(9)14/h2,5-7H,1,3-4,8H2. The second-order valence-corrected chi connectivity index (χ2v) is 4.06. The van der Waals surface area contributed by atoms with E-state index in [4.69, 9.17) is 0 Å². The first-order valence-electron chi connectivity index (χ1n) is 4.75. The second kappa shape index (κ2) is 5.81. The number of allylic oxidation sites excluding steroid dienone is 1. The normalized spacial score (nSPS) is 10.0. The van der Waals surface area contributed by atoms with Crippen LogP contribution in [0, 0.1) is 5.82 Å². The summed E-state index contributed by atoms with van der Waals surface area (Å²) < 4.78 is 13.8. The fourth-order valence-corrected chi connectivity index (χ4v) is 1.63. The predicted molar refractivity (Wildman–Crippen MR) is 62.5 cm³/mol. The highest BCUT2D eigenvalue weighted by Crippen LogP contribution is 2.20. The van der Waals surface area contributed by atoms with Gasteiger partial charge in [0.05, 0.1) is 10.0 Å². The van der Waals surface area contributed by atoms with Gasteiger partial charge in [-0.05, 0) is 40.9 Å². The monoisotopic (exact) mass is 270 g/mol. The van der Waals surface area contributed by atoms with Crippen LogP contribution in [0.4, 0.5) is 4.39 Å². The lowest BCUT2D eigenvalue weighted by molar-refractivity contribution is 0.0976. The van der Waals surface area contributed by atoms with E-state index < -0.39 is 5.82 Å². The number of carbonyl (C=O) groups is 1. The van der Waals surface area contributed by atoms with Crippen LogP contribution in [0.1, 0.15) is 29.6 Å². The predicted octanol–water partition coefficient (Wildman–Crippen LogP) is 4.13. The molecule has 0 aromatic heterocycles. The molecule has 0 amide bonds. The summed E-state index contributed by atoms with van der Waals surface area (Å²) in [5.41, 5.74) is 0.161. The van der Waals surface area contributed by atoms with Crippen LogP contribution < -0.4 is 0 Å². The van der Waals surface area contributed by atoms with Crippen LogP contribution in [0.2, 0.25) is 0 Å². The van der Waals surface area contributed by atoms with Crippen LogP contribution in [-0.2, 0) is 0 Å². The number of rotatable bonds is 5. The number of benzene rings is 1. The van der Waals surface area contributed by atoms with Gasteiger partial charge in [0.25, 0.3) is 0 Å². The van der Waals surface area contributed by atoms with E-state index in [0.29, 0.717) is 17.3 Å². The van der Waals surface area contributed by atoms with Crippen molar-refractivity contribution in [3.63, 3.8) is 0 Å². The zero-order valence-corrected chi connectivity index (χ0v) is 9.89. The molecule has 0 atom stereocenters. The van der Waals surface area contributed by atoms with Crippen LogP contribution in [0.15, 0.2) is 35.3 Å². The minimum absolute atomic E-state index is 0.157. The molecule has 1 rings (SSSR count). The molecule has 0 bridgehead atoms. The Balaban J connectivity index is 2.73. The molecule has 80 valence electrons. The van der Waals surface area contributed by atoms with Crippen LogP contribution in [0.5, 0.6) is 0 Å². The molecule has 0 aliphatic carbocycles. The van der Waals surface area contributed by atoms with Gasteiger partial charge in [-0.1, -0.05) is 12.1 Å². The average molecular weight is 271 g/mol. The molecule has 0 spiro atoms. The summed E-state index contributed by atoms with van der Waals surface area (Å²) in [7, 11) is 0. The topological polar surface area (TPSA) is 17.1 Å². The highest BCUT2D eigenvalue weighted by Gasteiger charge is 2.12. The summed E-state index contributed by atoms with van der Waals surface area (Å²) in [6, 6.07) is 4.75. The van der Waals surface area contributed by atoms with Gasteiger partial charge in [-0.25, -0.2) is 4.39 Å². The number of halogens is 2. The SMILES string of the molecule is C=CCCCC(=O)c1cccc(Br)c1F. The second-order valence-electron chi connectivity index (χ2n) is 3.21. The average Bonchev–Trinajstić information content (AvgIpc) is 2.22. The molecule has 0 heterocycles. The van der Waals surface area contributed by atoms with Gasteiger partial charge >= 0.3 is 0 Å². The largest absolute Gasteiger partial charge is 0.294 e. The molecule has 0 saturated carbocycles. The number of ketones is 1. The Morgan fingerprint density at radius 2 is 2.27 bits per heavy atom. The fourth-order valence-electron chi connectivity index (χ4n) is 1.26. The van der Waals surface area contributed by atoms with E-state index in [9.17, 15) is 9.18 Å². The van der Waals surface area contributed by atoms with E-state index in [1.54, 1.807) is 18.2 Å². The fraction of sp³-hybridized carbons (Fsp3) is 0.250. The summed E-state index contributed by atoms with van der Waals surface area (Å²) >= 11 is 3.05. The molecule has 0 N–H and O–H groups in total. The van der Waals surface area contributed by atoms with E-state index in [1.165, 1.54) is 6.07 Å². The Morgan fingerprint density at radius 3 is 2.93 bits per heavy atom. The lowest BCUT2D eigenvalue weighted by Crippen LogP contribution is -2.02. The lowest BCUT2D eigenvalue weighted by atomic mass is 10.1. The first-order chi connectivity index (χ1) is 7.16. The van der Waals surface area contributed by atoms with Crippen LogP contribution >= 0.6 is 15.9 Å². The molecule has 0 unspecified atom stereocenters. The Morgan fingerprint density at radius 1 is 1.53 bits per heavy atom. The zero-order valence-electron chi connectivity index (χ0n) is 8.30. The van der Waals surface area contributed by atoms with Crippen molar-refractivity contribution in [1.29, 1.82) is 0 Å². The van der Waals surface area contributed by atoms with Gasteiger partial charge in [-0.2, -0.15) is 0 Å². The van der Waals surface area contributed by atoms with Crippen LogP contribution in [0.25, 0.3) is 0 Å². The summed E-state index contributed by atoms with van der Waals surface area (Å²) in [6.45, 7) is 3.57. The maximum absolute atomic E-state index is 13.5. The lowest BCUT2D eigenvalue weighted by Gasteiger charge is -2.02. The molecule has 1 aromatic carbocycles. The molecule has 0 aliphatic heterocycles. The summed E-state index contributed by atoms with van der Waals surface area (Å²) in [5, 5.41) is 0. The zero-order chi connectivity index (χ0) is 11.3. The minimum atomic E-state index is -0.471. The van der Waals surface area contributed by atoms with E-state index in [0.717, 1.165) is 6.42 Å². The smallest absolute Gasteiger partial charge is 0.165 e. The highest BCUT2D eigenvalue weighted by atomic mass is 79.9. The van der Waals surface area contributed by atoms with Gasteiger partial charge in [0.2, 0.25) is 0 Å². The van der Waals surface area contributed by atoms with Crippen molar-refractivity contribution in [2.24, 2.45) is 0 Å². The molecule has 0 radical (unpaired) electrons. The molecular formula is C12H12BrFO. The Bertz CT molecular complexity index is 374. The maximum Gasteiger partial charge on any atom is 0.165 e. The first kappa shape index (κ1) is 12.1. The molecule has 15 heavy (non-hydrogen) atoms. The minimum Gasteiger partial charge on any atom is -0.294 e. The van der Waals surface area contributed by atoms with E-state index in [1.807, 2.05) is 0 Å². The van der Waals surface area contributed by atoms with Crippen molar-refractivity contribution in [2.45, 2.75) is 19.3 Å². The van der Waals surface area contributed by atoms with E-state index in [-0.39, 0.29) is 11.3 Å². The first-order valence-corrected chi connectivity index (χ1v) is 5.54. The van der Waals surface area contributed by atoms with E-state index in [2.05, 4.69) is 22.5 Å². The number of Topliss-reactive ketones (excluding diaryl/α,β-unsaturated/α-hetero) is 1. The van der Waals surface area contributed by atoms with Crippen molar-refractivity contribution in [3.8, 4) is 0 Å². The Hall–Kier alpha value is -0.960. The molecular weight excluding hydrogens is 259 g/mol. The van der Waals surface area contributed by atoms with Crippen molar-refractivity contribution in [2.75, 3.05) is 0 Å². The quantitative estimate of drug-likeness (QED) is 0.447. The molecule has 1 nitrogen and oxygen atoms in total. The summed E-state index contributed by atoms with van der Waals surface area (Å²) in [6.07, 6.45) is 3.61. The third-order valence-electron chi connectivity index (χ3n) is 2.06. The third-order valence-corrected chi connectivity index (χ3v) is 2.68. The van der Waals surface area contributed by atoms with Crippen molar-refractivity contribution in [3.05, 3.63) is 46.7 Å². The van der Waals surface area contributed by atoms with Gasteiger partial charge in [0, 0.05) is 6.42 Å². The van der Waals surface area contributed by atoms with Crippen LogP contribution in [0.3, 0.4) is 0 Å². The number of hydrogen-bond acceptors (Lipinski definition) is 1. The van der Waals surface area contributed by atoms with Gasteiger partial charge in [0.1, 0.15) is 5.82 Å². The van der Waals surface area contributed by atoms with Crippen molar-refractivity contribution >= 4 is 21.7 Å². The molecule has 1 aromatic rings. The van der Waals surface area contributed by atoms with Crippen molar-refractivity contribution in [1.82, 2.24) is 0 Å². The van der Waals surface area contributed by atoms with Gasteiger partial charge in [0.15, 0.2) is 5.78 Å². The molecule has 0 fully saturated rings. The van der Waals surface area contributed by atoms with Gasteiger partial charge in [-0.3, -0.25) is 4.79 Å². The third kappa shape index (κ3) is 3.27. The molecule has 0 aliphatic rings.